The smallest absolute Gasteiger partial charge is 0.303 e. The highest BCUT2D eigenvalue weighted by atomic mass is 79.9. The first-order valence-corrected chi connectivity index (χ1v) is 14.2. The molecule has 1 aromatic rings. The normalized spacial score (nSPS) is 25.8. The number of benzene rings is 1. The molecule has 1 aliphatic heterocycles. The summed E-state index contributed by atoms with van der Waals surface area (Å²) in [5, 5.41) is 19.3. The summed E-state index contributed by atoms with van der Waals surface area (Å²) in [4.78, 5) is 65.9. The van der Waals surface area contributed by atoms with Crippen LogP contribution in [0.25, 0.3) is 0 Å². The Morgan fingerprint density at radius 2 is 1.85 bits per heavy atom. The van der Waals surface area contributed by atoms with Crippen LogP contribution in [0.2, 0.25) is 0 Å². The first-order chi connectivity index (χ1) is 19.0. The molecule has 9 nitrogen and oxygen atoms in total. The number of likely N-dealkylation sites (tertiary alicyclic amines) is 1. The second-order valence-corrected chi connectivity index (χ2v) is 11.7. The van der Waals surface area contributed by atoms with Crippen molar-refractivity contribution < 1.29 is 38.9 Å². The summed E-state index contributed by atoms with van der Waals surface area (Å²) in [5.41, 5.74) is 2.52. The molecule has 2 N–H and O–H groups in total. The number of phenolic OH excluding ortho intramolecular Hbond substituents is 1. The van der Waals surface area contributed by atoms with E-state index >= 15 is 0 Å². The first kappa shape index (κ1) is 28.0. The molecule has 4 aliphatic rings. The number of unbranched alkanes of at least 4 members (excludes halogenated alkanes) is 2. The van der Waals surface area contributed by atoms with E-state index in [1.54, 1.807) is 19.1 Å². The molecule has 1 heterocycles. The van der Waals surface area contributed by atoms with E-state index in [-0.39, 0.29) is 54.3 Å². The Morgan fingerprint density at radius 3 is 2.55 bits per heavy atom. The van der Waals surface area contributed by atoms with Crippen molar-refractivity contribution in [2.24, 2.45) is 17.8 Å². The second kappa shape index (κ2) is 10.8. The minimum atomic E-state index is -0.877. The molecule has 1 saturated heterocycles. The summed E-state index contributed by atoms with van der Waals surface area (Å²) < 4.78 is 5.72. The fraction of sp³-hybridized carbons (Fsp3) is 0.433. The number of carbonyl (C=O) groups excluding carboxylic acids is 4. The quantitative estimate of drug-likeness (QED) is 0.193. The average Bonchev–Trinajstić information content (AvgIpc) is 3.16. The number of carbonyl (C=O) groups is 5. The van der Waals surface area contributed by atoms with Crippen LogP contribution in [0.1, 0.15) is 56.9 Å². The van der Waals surface area contributed by atoms with Crippen molar-refractivity contribution in [3.05, 3.63) is 56.6 Å². The molecule has 0 radical (unpaired) electrons. The summed E-state index contributed by atoms with van der Waals surface area (Å²) in [6, 6.07) is 3.33. The number of rotatable bonds is 8. The van der Waals surface area contributed by atoms with Crippen LogP contribution in [0.15, 0.2) is 51.0 Å². The Kier molecular flexibility index (Phi) is 7.56. The minimum absolute atomic E-state index is 0.0418. The van der Waals surface area contributed by atoms with E-state index in [0.29, 0.717) is 52.4 Å². The Labute approximate surface area is 239 Å². The lowest BCUT2D eigenvalue weighted by Crippen LogP contribution is -2.39. The number of carboxylic acids is 1. The van der Waals surface area contributed by atoms with Gasteiger partial charge >= 0.3 is 5.97 Å². The molecular formula is C30H30BrNO8. The van der Waals surface area contributed by atoms with Gasteiger partial charge in [-0.2, -0.15) is 0 Å². The number of ether oxygens (including phenoxy) is 1. The highest BCUT2D eigenvalue weighted by molar-refractivity contribution is 9.10. The number of aromatic hydroxyl groups is 1. The van der Waals surface area contributed by atoms with E-state index in [2.05, 4.69) is 15.9 Å². The number of hydrogen-bond acceptors (Lipinski definition) is 7. The van der Waals surface area contributed by atoms with E-state index in [1.165, 1.54) is 18.1 Å². The molecule has 5 rings (SSSR count). The molecule has 10 heteroatoms. The standard InChI is InChI=1S/C30H30BrNO8/c1-14-10-21(33)26-19(27(14)36)13-18-16(24(26)15-11-20(31)28(37)22(12-15)40-2)7-8-17-25(18)30(39)32(29(17)38)9-5-3-4-6-23(34)35/h7,10-12,17-18,24-25,37H,3-6,8-9,13H2,1-2H3,(H,34,35)/t17-,18+,24-,25-/m0/s1. The van der Waals surface area contributed by atoms with Crippen molar-refractivity contribution in [2.75, 3.05) is 13.7 Å². The minimum Gasteiger partial charge on any atom is -0.503 e. The van der Waals surface area contributed by atoms with Crippen molar-refractivity contribution >= 4 is 45.3 Å². The zero-order valence-corrected chi connectivity index (χ0v) is 23.8. The van der Waals surface area contributed by atoms with Gasteiger partial charge in [-0.25, -0.2) is 0 Å². The highest BCUT2D eigenvalue weighted by Crippen LogP contribution is 2.56. The third-order valence-electron chi connectivity index (χ3n) is 8.53. The van der Waals surface area contributed by atoms with Crippen LogP contribution >= 0.6 is 15.9 Å². The number of phenols is 1. The topological polar surface area (TPSA) is 138 Å². The lowest BCUT2D eigenvalue weighted by Gasteiger charge is -2.42. The van der Waals surface area contributed by atoms with Gasteiger partial charge in [-0.15, -0.1) is 0 Å². The van der Waals surface area contributed by atoms with Gasteiger partial charge in [0.2, 0.25) is 11.8 Å². The molecule has 210 valence electrons. The maximum atomic E-state index is 13.7. The van der Waals surface area contributed by atoms with Crippen molar-refractivity contribution in [3.8, 4) is 11.5 Å². The maximum absolute atomic E-state index is 13.7. The zero-order valence-electron chi connectivity index (χ0n) is 22.2. The number of methoxy groups -OCH3 is 1. The predicted molar refractivity (Wildman–Crippen MR) is 147 cm³/mol. The van der Waals surface area contributed by atoms with Gasteiger partial charge in [0, 0.05) is 35.6 Å². The van der Waals surface area contributed by atoms with Gasteiger partial charge in [-0.05, 0) is 78.2 Å². The van der Waals surface area contributed by atoms with E-state index in [4.69, 9.17) is 9.84 Å². The van der Waals surface area contributed by atoms with E-state index in [0.717, 1.165) is 5.57 Å². The van der Waals surface area contributed by atoms with Crippen LogP contribution in [-0.4, -0.2) is 58.1 Å². The number of aliphatic carboxylic acids is 1. The summed E-state index contributed by atoms with van der Waals surface area (Å²) in [6.07, 6.45) is 5.44. The summed E-state index contributed by atoms with van der Waals surface area (Å²) in [6.45, 7) is 1.83. The van der Waals surface area contributed by atoms with Crippen LogP contribution in [0.5, 0.6) is 11.5 Å². The lowest BCUT2D eigenvalue weighted by molar-refractivity contribution is -0.141. The van der Waals surface area contributed by atoms with Crippen molar-refractivity contribution in [1.82, 2.24) is 4.90 Å². The Bertz CT molecular complexity index is 1440. The van der Waals surface area contributed by atoms with Crippen molar-refractivity contribution in [1.29, 1.82) is 0 Å². The van der Waals surface area contributed by atoms with Crippen LogP contribution in [0, 0.1) is 17.8 Å². The lowest BCUT2D eigenvalue weighted by atomic mass is 9.59. The van der Waals surface area contributed by atoms with Gasteiger partial charge in [0.1, 0.15) is 0 Å². The van der Waals surface area contributed by atoms with E-state index in [1.807, 2.05) is 6.08 Å². The van der Waals surface area contributed by atoms with Gasteiger partial charge in [-0.3, -0.25) is 28.9 Å². The number of imide groups is 1. The number of carboxylic acid groups (broad SMARTS) is 1. The van der Waals surface area contributed by atoms with Crippen molar-refractivity contribution in [3.63, 3.8) is 0 Å². The van der Waals surface area contributed by atoms with Crippen molar-refractivity contribution in [2.45, 2.75) is 51.4 Å². The van der Waals surface area contributed by atoms with E-state index < -0.39 is 29.6 Å². The number of nitrogens with zero attached hydrogens (tertiary/aromatic N) is 1. The first-order valence-electron chi connectivity index (χ1n) is 13.4. The SMILES string of the molecule is COc1cc([C@H]2C3=CC[C@@H]4C(=O)N(CCCCCC(=O)O)C(=O)[C@@H]4[C@@H]3CC3=C2C(=O)C=C(C)C3=O)cc(Br)c1O. The van der Waals surface area contributed by atoms with Crippen LogP contribution in [-0.2, 0) is 24.0 Å². The van der Waals surface area contributed by atoms with Gasteiger partial charge in [-0.1, -0.05) is 18.1 Å². The van der Waals surface area contributed by atoms with Gasteiger partial charge in [0.25, 0.3) is 0 Å². The Balaban J connectivity index is 1.53. The fourth-order valence-electron chi connectivity index (χ4n) is 6.69. The zero-order chi connectivity index (χ0) is 28.9. The molecule has 0 unspecified atom stereocenters. The fourth-order valence-corrected chi connectivity index (χ4v) is 7.15. The van der Waals surface area contributed by atoms with E-state index in [9.17, 15) is 29.1 Å². The highest BCUT2D eigenvalue weighted by Gasteiger charge is 2.56. The Morgan fingerprint density at radius 1 is 1.10 bits per heavy atom. The molecule has 0 bridgehead atoms. The molecule has 3 aliphatic carbocycles. The maximum Gasteiger partial charge on any atom is 0.303 e. The number of allylic oxidation sites excluding steroid dienone is 6. The number of hydrogen-bond donors (Lipinski definition) is 2. The number of ketones is 2. The van der Waals surface area contributed by atoms with Crippen LogP contribution in [0.4, 0.5) is 0 Å². The Hall–Kier alpha value is -3.53. The largest absolute Gasteiger partial charge is 0.503 e. The number of Topliss-reactive ketones (excluding diaryl/α,β-unsaturated/α-hetero) is 1. The molecular weight excluding hydrogens is 582 g/mol. The molecule has 0 saturated carbocycles. The molecule has 1 aromatic carbocycles. The molecule has 0 spiro atoms. The molecule has 4 atom stereocenters. The average molecular weight is 612 g/mol. The van der Waals surface area contributed by atoms with Gasteiger partial charge < -0.3 is 14.9 Å². The molecule has 2 amide bonds. The number of fused-ring (bicyclic) bond motifs is 3. The third kappa shape index (κ3) is 4.62. The van der Waals surface area contributed by atoms with Crippen LogP contribution in [0.3, 0.4) is 0 Å². The predicted octanol–water partition coefficient (Wildman–Crippen LogP) is 4.24. The second-order valence-electron chi connectivity index (χ2n) is 10.8. The summed E-state index contributed by atoms with van der Waals surface area (Å²) in [7, 11) is 1.42. The third-order valence-corrected chi connectivity index (χ3v) is 9.13. The number of amides is 2. The number of halogens is 1. The van der Waals surface area contributed by atoms with Crippen LogP contribution < -0.4 is 4.74 Å². The molecule has 1 fully saturated rings. The van der Waals surface area contributed by atoms with Gasteiger partial charge in [0.15, 0.2) is 23.1 Å². The molecule has 0 aromatic heterocycles. The monoisotopic (exact) mass is 611 g/mol. The molecule has 40 heavy (non-hydrogen) atoms. The van der Waals surface area contributed by atoms with Gasteiger partial charge in [0.05, 0.1) is 23.4 Å². The summed E-state index contributed by atoms with van der Waals surface area (Å²) in [5.74, 6) is -4.09. The summed E-state index contributed by atoms with van der Waals surface area (Å²) >= 11 is 3.36.